The van der Waals surface area contributed by atoms with E-state index in [2.05, 4.69) is 28.7 Å². The summed E-state index contributed by atoms with van der Waals surface area (Å²) in [6.45, 7) is 6.82. The van der Waals surface area contributed by atoms with E-state index in [1.54, 1.807) is 11.3 Å². The van der Waals surface area contributed by atoms with Crippen molar-refractivity contribution in [2.45, 2.75) is 26.3 Å². The van der Waals surface area contributed by atoms with Crippen LogP contribution in [0.3, 0.4) is 0 Å². The Morgan fingerprint density at radius 3 is 3.25 bits per heavy atom. The highest BCUT2D eigenvalue weighted by atomic mass is 32.1. The van der Waals surface area contributed by atoms with Gasteiger partial charge in [-0.05, 0) is 26.3 Å². The van der Waals surface area contributed by atoms with Crippen LogP contribution in [0.2, 0.25) is 0 Å². The lowest BCUT2D eigenvalue weighted by Crippen LogP contribution is -2.41. The number of aromatic nitrogens is 1. The zero-order chi connectivity index (χ0) is 11.4. The number of nitrogens with one attached hydrogen (secondary N) is 1. The van der Waals surface area contributed by atoms with Gasteiger partial charge >= 0.3 is 0 Å². The second kappa shape index (κ2) is 5.57. The number of thiazole rings is 1. The van der Waals surface area contributed by atoms with Crippen LogP contribution in [0, 0.1) is 6.92 Å². The molecule has 1 atom stereocenters. The van der Waals surface area contributed by atoms with Crippen molar-refractivity contribution in [2.24, 2.45) is 0 Å². The molecular weight excluding hydrogens is 220 g/mol. The summed E-state index contributed by atoms with van der Waals surface area (Å²) in [7, 11) is 0. The lowest BCUT2D eigenvalue weighted by molar-refractivity contribution is 0.0771. The van der Waals surface area contributed by atoms with Gasteiger partial charge in [0.05, 0.1) is 23.9 Å². The summed E-state index contributed by atoms with van der Waals surface area (Å²) in [5.74, 6) is 0. The molecule has 3 nitrogen and oxygen atoms in total. The van der Waals surface area contributed by atoms with Crippen LogP contribution in [0.5, 0.6) is 0 Å². The molecule has 0 spiro atoms. The molecule has 2 heterocycles. The average molecular weight is 238 g/mol. The molecule has 2 rings (SSSR count). The van der Waals surface area contributed by atoms with Crippen molar-refractivity contribution < 1.29 is 4.74 Å². The summed E-state index contributed by atoms with van der Waals surface area (Å²) < 4.78 is 5.43. The van der Waals surface area contributed by atoms with E-state index in [0.717, 1.165) is 36.9 Å². The Kier molecular flexibility index (Phi) is 4.09. The van der Waals surface area contributed by atoms with Crippen LogP contribution < -0.4 is 5.32 Å². The number of aryl methyl sites for hydroxylation is 1. The summed E-state index contributed by atoms with van der Waals surface area (Å²) in [5, 5.41) is 6.68. The summed E-state index contributed by atoms with van der Waals surface area (Å²) in [6, 6.07) is 0.463. The first-order valence-corrected chi connectivity index (χ1v) is 6.52. The highest BCUT2D eigenvalue weighted by Crippen LogP contribution is 2.15. The number of morpholine rings is 1. The second-order valence-electron chi connectivity index (χ2n) is 4.21. The van der Waals surface area contributed by atoms with Gasteiger partial charge in [-0.3, -0.25) is 0 Å². The van der Waals surface area contributed by atoms with Gasteiger partial charge in [-0.1, -0.05) is 5.57 Å². The van der Waals surface area contributed by atoms with Crippen LogP contribution in [-0.2, 0) is 4.74 Å². The van der Waals surface area contributed by atoms with Crippen molar-refractivity contribution >= 4 is 17.4 Å². The molecule has 0 radical (unpaired) electrons. The fourth-order valence-electron chi connectivity index (χ4n) is 1.90. The Hall–Kier alpha value is -0.710. The van der Waals surface area contributed by atoms with E-state index in [1.165, 1.54) is 5.57 Å². The van der Waals surface area contributed by atoms with E-state index in [9.17, 15) is 0 Å². The Bertz CT molecular complexity index is 367. The molecule has 1 aliphatic heterocycles. The fraction of sp³-hybridized carbons (Fsp3) is 0.583. The molecule has 1 N–H and O–H groups in total. The molecule has 1 aromatic rings. The maximum Gasteiger partial charge on any atom is 0.0901 e. The summed E-state index contributed by atoms with van der Waals surface area (Å²) in [5.41, 5.74) is 2.44. The predicted octanol–water partition coefficient (Wildman–Crippen LogP) is 2.23. The zero-order valence-corrected chi connectivity index (χ0v) is 10.6. The van der Waals surface area contributed by atoms with Crippen LogP contribution in [0.15, 0.2) is 11.0 Å². The number of rotatable bonds is 3. The molecule has 1 unspecified atom stereocenters. The van der Waals surface area contributed by atoms with E-state index in [0.29, 0.717) is 6.04 Å². The summed E-state index contributed by atoms with van der Waals surface area (Å²) in [6.07, 6.45) is 3.20. The maximum absolute atomic E-state index is 5.43. The average Bonchev–Trinajstić information content (AvgIpc) is 2.65. The van der Waals surface area contributed by atoms with Crippen LogP contribution in [0.4, 0.5) is 0 Å². The fourth-order valence-corrected chi connectivity index (χ4v) is 2.47. The van der Waals surface area contributed by atoms with Gasteiger partial charge in [-0.15, -0.1) is 11.3 Å². The van der Waals surface area contributed by atoms with Crippen molar-refractivity contribution in [3.63, 3.8) is 0 Å². The maximum atomic E-state index is 5.43. The molecule has 0 aromatic carbocycles. The summed E-state index contributed by atoms with van der Waals surface area (Å²) in [4.78, 5) is 4.43. The van der Waals surface area contributed by atoms with Gasteiger partial charge in [-0.2, -0.15) is 0 Å². The lowest BCUT2D eigenvalue weighted by Gasteiger charge is -2.23. The first-order valence-electron chi connectivity index (χ1n) is 5.64. The van der Waals surface area contributed by atoms with E-state index in [1.807, 2.05) is 6.92 Å². The molecular formula is C12H18N2OS. The molecule has 0 bridgehead atoms. The first-order chi connectivity index (χ1) is 7.74. The zero-order valence-electron chi connectivity index (χ0n) is 9.82. The van der Waals surface area contributed by atoms with Crippen LogP contribution >= 0.6 is 11.3 Å². The first kappa shape index (κ1) is 11.8. The topological polar surface area (TPSA) is 34.1 Å². The van der Waals surface area contributed by atoms with Crippen molar-refractivity contribution in [3.8, 4) is 0 Å². The molecule has 0 saturated carbocycles. The standard InChI is InChI=1S/C12H18N2OS/c1-9(5-11-7-15-4-3-13-11)6-12-8-16-10(2)14-12/h6,8,11,13H,3-5,7H2,1-2H3. The van der Waals surface area contributed by atoms with Gasteiger partial charge in [0.2, 0.25) is 0 Å². The van der Waals surface area contributed by atoms with E-state index >= 15 is 0 Å². The Morgan fingerprint density at radius 2 is 2.62 bits per heavy atom. The number of hydrogen-bond donors (Lipinski definition) is 1. The van der Waals surface area contributed by atoms with Gasteiger partial charge in [0, 0.05) is 18.0 Å². The highest BCUT2D eigenvalue weighted by Gasteiger charge is 2.12. The van der Waals surface area contributed by atoms with Crippen LogP contribution in [0.1, 0.15) is 24.0 Å². The van der Waals surface area contributed by atoms with Crippen molar-refractivity contribution in [1.29, 1.82) is 0 Å². The third-order valence-electron chi connectivity index (χ3n) is 2.60. The minimum absolute atomic E-state index is 0.463. The van der Waals surface area contributed by atoms with E-state index in [4.69, 9.17) is 4.74 Å². The van der Waals surface area contributed by atoms with Crippen LogP contribution in [0.25, 0.3) is 6.08 Å². The van der Waals surface area contributed by atoms with Gasteiger partial charge in [-0.25, -0.2) is 4.98 Å². The molecule has 88 valence electrons. The molecule has 4 heteroatoms. The highest BCUT2D eigenvalue weighted by molar-refractivity contribution is 7.09. The Labute approximate surface area is 101 Å². The Morgan fingerprint density at radius 1 is 1.75 bits per heavy atom. The molecule has 1 fully saturated rings. The molecule has 0 amide bonds. The van der Waals surface area contributed by atoms with Gasteiger partial charge in [0.1, 0.15) is 0 Å². The van der Waals surface area contributed by atoms with Gasteiger partial charge < -0.3 is 10.1 Å². The second-order valence-corrected chi connectivity index (χ2v) is 5.27. The van der Waals surface area contributed by atoms with Crippen molar-refractivity contribution in [3.05, 3.63) is 21.7 Å². The van der Waals surface area contributed by atoms with Crippen molar-refractivity contribution in [1.82, 2.24) is 10.3 Å². The van der Waals surface area contributed by atoms with E-state index < -0.39 is 0 Å². The quantitative estimate of drug-likeness (QED) is 0.877. The SMILES string of the molecule is CC(=Cc1csc(C)n1)CC1COCCN1. The smallest absolute Gasteiger partial charge is 0.0901 e. The van der Waals surface area contributed by atoms with Crippen molar-refractivity contribution in [2.75, 3.05) is 19.8 Å². The number of ether oxygens (including phenoxy) is 1. The monoisotopic (exact) mass is 238 g/mol. The van der Waals surface area contributed by atoms with Gasteiger partial charge in [0.15, 0.2) is 0 Å². The lowest BCUT2D eigenvalue weighted by atomic mass is 10.1. The third kappa shape index (κ3) is 3.40. The largest absolute Gasteiger partial charge is 0.379 e. The molecule has 1 saturated heterocycles. The molecule has 1 aromatic heterocycles. The van der Waals surface area contributed by atoms with Gasteiger partial charge in [0.25, 0.3) is 0 Å². The summed E-state index contributed by atoms with van der Waals surface area (Å²) >= 11 is 1.70. The van der Waals surface area contributed by atoms with Crippen LogP contribution in [-0.4, -0.2) is 30.8 Å². The Balaban J connectivity index is 1.91. The minimum atomic E-state index is 0.463. The number of hydrogen-bond acceptors (Lipinski definition) is 4. The van der Waals surface area contributed by atoms with E-state index in [-0.39, 0.29) is 0 Å². The number of nitrogens with zero attached hydrogens (tertiary/aromatic N) is 1. The predicted molar refractivity (Wildman–Crippen MR) is 67.7 cm³/mol. The molecule has 16 heavy (non-hydrogen) atoms. The third-order valence-corrected chi connectivity index (χ3v) is 3.39. The normalized spacial score (nSPS) is 22.4. The molecule has 1 aliphatic rings. The molecule has 0 aliphatic carbocycles. The minimum Gasteiger partial charge on any atom is -0.379 e.